The van der Waals surface area contributed by atoms with Gasteiger partial charge in [-0.25, -0.2) is 9.78 Å². The molecule has 0 aromatic carbocycles. The van der Waals surface area contributed by atoms with Gasteiger partial charge in [-0.1, -0.05) is 11.6 Å². The minimum Gasteiger partial charge on any atom is -0.444 e. The van der Waals surface area contributed by atoms with Gasteiger partial charge in [0.05, 0.1) is 13.2 Å². The van der Waals surface area contributed by atoms with E-state index in [1.807, 2.05) is 20.8 Å². The molecule has 0 unspecified atom stereocenters. The van der Waals surface area contributed by atoms with Gasteiger partial charge in [0.1, 0.15) is 16.6 Å². The number of carbonyl (C=O) groups excluding carboxylic acids is 1. The molecule has 1 aromatic heterocycles. The van der Waals surface area contributed by atoms with Crippen LogP contribution in [-0.4, -0.2) is 79.0 Å². The van der Waals surface area contributed by atoms with Crippen molar-refractivity contribution in [3.63, 3.8) is 0 Å². The standard InChI is InChI=1S/C17H26ClN5O3/c1-17(2,3)26-16(24)23-6-4-22(5-7-23)15-19-13(18)12-14(20-15)21-8-10-25-11-9-21/h12H,4-11H2,1-3H3. The molecule has 2 fully saturated rings. The molecule has 144 valence electrons. The molecule has 0 radical (unpaired) electrons. The van der Waals surface area contributed by atoms with Crippen LogP contribution in [0.4, 0.5) is 16.6 Å². The number of ether oxygens (including phenoxy) is 2. The summed E-state index contributed by atoms with van der Waals surface area (Å²) in [6, 6.07) is 1.79. The fraction of sp³-hybridized carbons (Fsp3) is 0.706. The molecule has 8 nitrogen and oxygen atoms in total. The van der Waals surface area contributed by atoms with Crippen molar-refractivity contribution in [3.8, 4) is 0 Å². The second-order valence-corrected chi connectivity index (χ2v) is 7.79. The quantitative estimate of drug-likeness (QED) is 0.723. The van der Waals surface area contributed by atoms with E-state index in [-0.39, 0.29) is 6.09 Å². The van der Waals surface area contributed by atoms with Crippen molar-refractivity contribution < 1.29 is 14.3 Å². The van der Waals surface area contributed by atoms with E-state index < -0.39 is 5.60 Å². The Labute approximate surface area is 159 Å². The zero-order valence-corrected chi connectivity index (χ0v) is 16.3. The Bertz CT molecular complexity index is 638. The van der Waals surface area contributed by atoms with Gasteiger partial charge < -0.3 is 24.2 Å². The van der Waals surface area contributed by atoms with Gasteiger partial charge in [-0.3, -0.25) is 0 Å². The Balaban J connectivity index is 1.64. The predicted molar refractivity (Wildman–Crippen MR) is 100 cm³/mol. The van der Waals surface area contributed by atoms with Crippen LogP contribution >= 0.6 is 11.6 Å². The lowest BCUT2D eigenvalue weighted by Crippen LogP contribution is -2.50. The van der Waals surface area contributed by atoms with Crippen molar-refractivity contribution in [1.82, 2.24) is 14.9 Å². The van der Waals surface area contributed by atoms with Crippen LogP contribution < -0.4 is 9.80 Å². The molecule has 0 bridgehead atoms. The Morgan fingerprint density at radius 2 is 1.73 bits per heavy atom. The molecule has 26 heavy (non-hydrogen) atoms. The van der Waals surface area contributed by atoms with Crippen molar-refractivity contribution in [3.05, 3.63) is 11.2 Å². The van der Waals surface area contributed by atoms with E-state index in [1.54, 1.807) is 11.0 Å². The number of hydrogen-bond acceptors (Lipinski definition) is 7. The van der Waals surface area contributed by atoms with Crippen LogP contribution in [0.1, 0.15) is 20.8 Å². The highest BCUT2D eigenvalue weighted by Crippen LogP contribution is 2.22. The van der Waals surface area contributed by atoms with E-state index in [0.717, 1.165) is 18.9 Å². The third-order valence-electron chi connectivity index (χ3n) is 4.22. The predicted octanol–water partition coefficient (Wildman–Crippen LogP) is 2.02. The molecule has 3 rings (SSSR count). The Morgan fingerprint density at radius 1 is 1.08 bits per heavy atom. The third kappa shape index (κ3) is 4.88. The first-order valence-electron chi connectivity index (χ1n) is 8.92. The van der Waals surface area contributed by atoms with Gasteiger partial charge in [-0.15, -0.1) is 0 Å². The average molecular weight is 384 g/mol. The molecule has 9 heteroatoms. The van der Waals surface area contributed by atoms with Crippen molar-refractivity contribution in [2.24, 2.45) is 0 Å². The van der Waals surface area contributed by atoms with Crippen LogP contribution in [0.3, 0.4) is 0 Å². The number of halogens is 1. The summed E-state index contributed by atoms with van der Waals surface area (Å²) in [6.07, 6.45) is -0.279. The molecule has 0 N–H and O–H groups in total. The fourth-order valence-electron chi connectivity index (χ4n) is 2.91. The number of morpholine rings is 1. The highest BCUT2D eigenvalue weighted by Gasteiger charge is 2.27. The first-order valence-corrected chi connectivity index (χ1v) is 9.30. The van der Waals surface area contributed by atoms with E-state index in [4.69, 9.17) is 21.1 Å². The molecule has 3 heterocycles. The molecule has 1 aromatic rings. The number of aromatic nitrogens is 2. The normalized spacial score (nSPS) is 18.8. The second kappa shape index (κ2) is 7.84. The third-order valence-corrected chi connectivity index (χ3v) is 4.41. The summed E-state index contributed by atoms with van der Waals surface area (Å²) >= 11 is 6.22. The van der Waals surface area contributed by atoms with Gasteiger partial charge in [0.2, 0.25) is 5.95 Å². The lowest BCUT2D eigenvalue weighted by atomic mass is 10.2. The number of rotatable bonds is 2. The van der Waals surface area contributed by atoms with Gasteiger partial charge in [-0.05, 0) is 20.8 Å². The highest BCUT2D eigenvalue weighted by atomic mass is 35.5. The SMILES string of the molecule is CC(C)(C)OC(=O)N1CCN(c2nc(Cl)cc(N3CCOCC3)n2)CC1. The van der Waals surface area contributed by atoms with Crippen LogP contribution in [0.2, 0.25) is 5.15 Å². The van der Waals surface area contributed by atoms with Crippen LogP contribution in [0.5, 0.6) is 0 Å². The van der Waals surface area contributed by atoms with E-state index in [2.05, 4.69) is 19.8 Å². The van der Waals surface area contributed by atoms with Gasteiger partial charge in [0.25, 0.3) is 0 Å². The number of piperazine rings is 1. The molecule has 1 amide bonds. The Morgan fingerprint density at radius 3 is 2.35 bits per heavy atom. The Kier molecular flexibility index (Phi) is 5.72. The second-order valence-electron chi connectivity index (χ2n) is 7.40. The molecule has 0 aliphatic carbocycles. The van der Waals surface area contributed by atoms with Crippen molar-refractivity contribution in [1.29, 1.82) is 0 Å². The minimum atomic E-state index is -0.489. The summed E-state index contributed by atoms with van der Waals surface area (Å²) in [7, 11) is 0. The van der Waals surface area contributed by atoms with Gasteiger partial charge in [-0.2, -0.15) is 4.98 Å². The number of amides is 1. The lowest BCUT2D eigenvalue weighted by molar-refractivity contribution is 0.0240. The fourth-order valence-corrected chi connectivity index (χ4v) is 3.08. The number of nitrogens with zero attached hydrogens (tertiary/aromatic N) is 5. The number of anilines is 2. The first-order chi connectivity index (χ1) is 12.3. The molecule has 2 aliphatic rings. The summed E-state index contributed by atoms with van der Waals surface area (Å²) in [6.45, 7) is 11.0. The molecule has 0 saturated carbocycles. The first kappa shape index (κ1) is 19.0. The summed E-state index contributed by atoms with van der Waals surface area (Å²) in [5.74, 6) is 1.42. The molecular weight excluding hydrogens is 358 g/mol. The Hall–Kier alpha value is -1.80. The zero-order valence-electron chi connectivity index (χ0n) is 15.6. The largest absolute Gasteiger partial charge is 0.444 e. The molecular formula is C17H26ClN5O3. The maximum atomic E-state index is 12.2. The van der Waals surface area contributed by atoms with E-state index >= 15 is 0 Å². The lowest BCUT2D eigenvalue weighted by Gasteiger charge is -2.36. The van der Waals surface area contributed by atoms with Gasteiger partial charge in [0.15, 0.2) is 0 Å². The summed E-state index contributed by atoms with van der Waals surface area (Å²) in [5.41, 5.74) is -0.489. The average Bonchev–Trinajstić information content (AvgIpc) is 2.61. The topological polar surface area (TPSA) is 71.0 Å². The van der Waals surface area contributed by atoms with Crippen molar-refractivity contribution in [2.45, 2.75) is 26.4 Å². The van der Waals surface area contributed by atoms with Crippen molar-refractivity contribution in [2.75, 3.05) is 62.3 Å². The van der Waals surface area contributed by atoms with Crippen LogP contribution in [0.25, 0.3) is 0 Å². The molecule has 2 saturated heterocycles. The van der Waals surface area contributed by atoms with Crippen LogP contribution in [0, 0.1) is 0 Å². The minimum absolute atomic E-state index is 0.279. The summed E-state index contributed by atoms with van der Waals surface area (Å²) < 4.78 is 10.8. The van der Waals surface area contributed by atoms with Crippen LogP contribution in [0.15, 0.2) is 6.07 Å². The van der Waals surface area contributed by atoms with Gasteiger partial charge >= 0.3 is 6.09 Å². The number of hydrogen-bond donors (Lipinski definition) is 0. The molecule has 0 spiro atoms. The van der Waals surface area contributed by atoms with E-state index in [1.165, 1.54) is 0 Å². The molecule has 0 atom stereocenters. The van der Waals surface area contributed by atoms with Crippen LogP contribution in [-0.2, 0) is 9.47 Å². The smallest absolute Gasteiger partial charge is 0.410 e. The number of carbonyl (C=O) groups is 1. The molecule has 2 aliphatic heterocycles. The van der Waals surface area contributed by atoms with E-state index in [0.29, 0.717) is 50.5 Å². The maximum absolute atomic E-state index is 12.2. The summed E-state index contributed by atoms with van der Waals surface area (Å²) in [5, 5.41) is 0.422. The monoisotopic (exact) mass is 383 g/mol. The maximum Gasteiger partial charge on any atom is 0.410 e. The van der Waals surface area contributed by atoms with E-state index in [9.17, 15) is 4.79 Å². The van der Waals surface area contributed by atoms with Crippen molar-refractivity contribution >= 4 is 29.5 Å². The highest BCUT2D eigenvalue weighted by molar-refractivity contribution is 6.29. The summed E-state index contributed by atoms with van der Waals surface area (Å²) in [4.78, 5) is 27.2. The zero-order chi connectivity index (χ0) is 18.7. The van der Waals surface area contributed by atoms with Gasteiger partial charge in [0, 0.05) is 45.3 Å².